The maximum absolute atomic E-state index is 5.90. The summed E-state index contributed by atoms with van der Waals surface area (Å²) in [6.07, 6.45) is 4.97. The molecule has 1 aromatic rings. The van der Waals surface area contributed by atoms with Crippen LogP contribution in [0.5, 0.6) is 11.5 Å². The Labute approximate surface area is 128 Å². The summed E-state index contributed by atoms with van der Waals surface area (Å²) < 4.78 is 12.3. The number of hydrogen-bond acceptors (Lipinski definition) is 4. The first-order valence-corrected chi connectivity index (χ1v) is 8.13. The van der Waals surface area contributed by atoms with Crippen LogP contribution in [0.4, 0.5) is 5.69 Å². The summed E-state index contributed by atoms with van der Waals surface area (Å²) in [6, 6.07) is 4.46. The Morgan fingerprint density at radius 2 is 1.85 bits per heavy atom. The van der Waals surface area contributed by atoms with E-state index in [1.54, 1.807) is 0 Å². The molecule has 1 aromatic carbocycles. The molecule has 0 aromatic heterocycles. The summed E-state index contributed by atoms with van der Waals surface area (Å²) >= 11 is 3.61. The van der Waals surface area contributed by atoms with Gasteiger partial charge in [0.1, 0.15) is 13.2 Å². The Hall–Kier alpha value is -0.940. The highest BCUT2D eigenvalue weighted by molar-refractivity contribution is 9.10. The fourth-order valence-electron chi connectivity index (χ4n) is 3.05. The van der Waals surface area contributed by atoms with E-state index in [1.807, 2.05) is 12.1 Å². The maximum atomic E-state index is 5.90. The van der Waals surface area contributed by atoms with Crippen molar-refractivity contribution in [1.82, 2.24) is 0 Å². The lowest BCUT2D eigenvalue weighted by Gasteiger charge is -2.32. The average molecular weight is 341 g/mol. The zero-order chi connectivity index (χ0) is 13.9. The van der Waals surface area contributed by atoms with Crippen LogP contribution in [0.25, 0.3) is 0 Å². The van der Waals surface area contributed by atoms with Gasteiger partial charge < -0.3 is 20.5 Å². The second kappa shape index (κ2) is 6.22. The largest absolute Gasteiger partial charge is 0.486 e. The van der Waals surface area contributed by atoms with Gasteiger partial charge in [-0.05, 0) is 41.2 Å². The van der Waals surface area contributed by atoms with Crippen molar-refractivity contribution in [2.45, 2.75) is 31.7 Å². The van der Waals surface area contributed by atoms with Crippen LogP contribution in [0.1, 0.15) is 25.7 Å². The summed E-state index contributed by atoms with van der Waals surface area (Å²) in [5.74, 6) is 2.19. The van der Waals surface area contributed by atoms with Crippen molar-refractivity contribution in [2.24, 2.45) is 11.7 Å². The quantitative estimate of drug-likeness (QED) is 0.887. The first-order chi connectivity index (χ1) is 9.78. The third-order valence-corrected chi connectivity index (χ3v) is 4.84. The van der Waals surface area contributed by atoms with Crippen molar-refractivity contribution < 1.29 is 9.47 Å². The molecule has 3 rings (SSSR count). The predicted molar refractivity (Wildman–Crippen MR) is 83.6 cm³/mol. The highest BCUT2D eigenvalue weighted by Gasteiger charge is 2.25. The number of ether oxygens (including phenoxy) is 2. The van der Waals surface area contributed by atoms with Gasteiger partial charge in [0.15, 0.2) is 11.5 Å². The fourth-order valence-corrected chi connectivity index (χ4v) is 3.49. The molecule has 2 atom stereocenters. The van der Waals surface area contributed by atoms with E-state index in [0.29, 0.717) is 25.2 Å². The Bertz CT molecular complexity index is 481. The third-order valence-electron chi connectivity index (χ3n) is 4.18. The molecule has 1 fully saturated rings. The van der Waals surface area contributed by atoms with Gasteiger partial charge in [0, 0.05) is 22.6 Å². The average Bonchev–Trinajstić information content (AvgIpc) is 2.48. The molecule has 3 N–H and O–H groups in total. The Morgan fingerprint density at radius 1 is 1.15 bits per heavy atom. The molecule has 2 aliphatic rings. The molecule has 0 amide bonds. The highest BCUT2D eigenvalue weighted by atomic mass is 79.9. The first kappa shape index (κ1) is 14.0. The minimum absolute atomic E-state index is 0.451. The molecule has 5 heteroatoms. The first-order valence-electron chi connectivity index (χ1n) is 7.33. The lowest BCUT2D eigenvalue weighted by molar-refractivity contribution is 0.171. The van der Waals surface area contributed by atoms with E-state index in [9.17, 15) is 0 Å². The Morgan fingerprint density at radius 3 is 2.60 bits per heavy atom. The number of anilines is 1. The van der Waals surface area contributed by atoms with E-state index >= 15 is 0 Å². The van der Waals surface area contributed by atoms with Crippen LogP contribution in [0.2, 0.25) is 0 Å². The van der Waals surface area contributed by atoms with Crippen molar-refractivity contribution in [1.29, 1.82) is 0 Å². The van der Waals surface area contributed by atoms with Crippen molar-refractivity contribution in [3.63, 3.8) is 0 Å². The number of nitrogens with two attached hydrogens (primary N) is 1. The molecule has 20 heavy (non-hydrogen) atoms. The topological polar surface area (TPSA) is 56.5 Å². The van der Waals surface area contributed by atoms with Gasteiger partial charge in [0.05, 0.1) is 5.69 Å². The van der Waals surface area contributed by atoms with Gasteiger partial charge in [0.25, 0.3) is 0 Å². The van der Waals surface area contributed by atoms with Gasteiger partial charge in [-0.25, -0.2) is 0 Å². The molecule has 4 nitrogen and oxygen atoms in total. The van der Waals surface area contributed by atoms with Gasteiger partial charge in [-0.1, -0.05) is 12.8 Å². The monoisotopic (exact) mass is 340 g/mol. The van der Waals surface area contributed by atoms with E-state index in [2.05, 4.69) is 21.2 Å². The van der Waals surface area contributed by atoms with Gasteiger partial charge in [0.2, 0.25) is 0 Å². The predicted octanol–water partition coefficient (Wildman–Crippen LogP) is 3.15. The molecule has 0 spiro atoms. The normalized spacial score (nSPS) is 25.3. The van der Waals surface area contributed by atoms with Crippen molar-refractivity contribution in [3.8, 4) is 11.5 Å². The van der Waals surface area contributed by atoms with Crippen molar-refractivity contribution in [2.75, 3.05) is 25.1 Å². The van der Waals surface area contributed by atoms with E-state index in [-0.39, 0.29) is 0 Å². The van der Waals surface area contributed by atoms with Gasteiger partial charge in [-0.15, -0.1) is 0 Å². The summed E-state index contributed by atoms with van der Waals surface area (Å²) in [5.41, 5.74) is 6.97. The molecule has 0 bridgehead atoms. The molecule has 0 radical (unpaired) electrons. The van der Waals surface area contributed by atoms with Crippen LogP contribution in [0, 0.1) is 5.92 Å². The van der Waals surface area contributed by atoms with E-state index in [4.69, 9.17) is 15.2 Å². The smallest absolute Gasteiger partial charge is 0.163 e. The number of halogens is 1. The number of nitrogens with one attached hydrogen (secondary N) is 1. The number of fused-ring (bicyclic) bond motifs is 1. The molecule has 1 heterocycles. The van der Waals surface area contributed by atoms with Gasteiger partial charge >= 0.3 is 0 Å². The number of benzene rings is 1. The summed E-state index contributed by atoms with van der Waals surface area (Å²) in [7, 11) is 0. The van der Waals surface area contributed by atoms with E-state index in [0.717, 1.165) is 28.2 Å². The Balaban J connectivity index is 1.79. The fraction of sp³-hybridized carbons (Fsp3) is 0.600. The molecular formula is C15H21BrN2O2. The number of rotatable bonds is 3. The number of hydrogen-bond donors (Lipinski definition) is 2. The minimum Gasteiger partial charge on any atom is -0.486 e. The van der Waals surface area contributed by atoms with Crippen LogP contribution < -0.4 is 20.5 Å². The minimum atomic E-state index is 0.451. The molecule has 0 saturated heterocycles. The SMILES string of the molecule is NCC1CCCCC1Nc1cc2c(cc1Br)OCCO2. The van der Waals surface area contributed by atoms with Gasteiger partial charge in [-0.2, -0.15) is 0 Å². The van der Waals surface area contributed by atoms with E-state index in [1.165, 1.54) is 25.7 Å². The summed E-state index contributed by atoms with van der Waals surface area (Å²) in [4.78, 5) is 0. The van der Waals surface area contributed by atoms with Crippen molar-refractivity contribution in [3.05, 3.63) is 16.6 Å². The van der Waals surface area contributed by atoms with Crippen LogP contribution in [-0.2, 0) is 0 Å². The van der Waals surface area contributed by atoms with E-state index < -0.39 is 0 Å². The summed E-state index contributed by atoms with van der Waals surface area (Å²) in [5, 5.41) is 3.64. The molecule has 1 saturated carbocycles. The van der Waals surface area contributed by atoms with Crippen LogP contribution >= 0.6 is 15.9 Å². The molecule has 110 valence electrons. The molecule has 1 aliphatic heterocycles. The Kier molecular flexibility index (Phi) is 4.36. The van der Waals surface area contributed by atoms with Crippen LogP contribution in [0.3, 0.4) is 0 Å². The lowest BCUT2D eigenvalue weighted by Crippen LogP contribution is -2.36. The van der Waals surface area contributed by atoms with Crippen molar-refractivity contribution >= 4 is 21.6 Å². The second-order valence-corrected chi connectivity index (χ2v) is 6.36. The maximum Gasteiger partial charge on any atom is 0.163 e. The molecule has 1 aliphatic carbocycles. The summed E-state index contributed by atoms with van der Waals surface area (Å²) in [6.45, 7) is 1.98. The third kappa shape index (κ3) is 2.88. The van der Waals surface area contributed by atoms with Crippen LogP contribution in [0.15, 0.2) is 16.6 Å². The molecular weight excluding hydrogens is 320 g/mol. The standard InChI is InChI=1S/C15H21BrN2O2/c16-11-7-14-15(20-6-5-19-14)8-13(11)18-12-4-2-1-3-10(12)9-17/h7-8,10,12,18H,1-6,9,17H2. The van der Waals surface area contributed by atoms with Gasteiger partial charge in [-0.3, -0.25) is 0 Å². The highest BCUT2D eigenvalue weighted by Crippen LogP contribution is 2.39. The zero-order valence-corrected chi connectivity index (χ0v) is 13.1. The second-order valence-electron chi connectivity index (χ2n) is 5.51. The molecule has 2 unspecified atom stereocenters. The lowest BCUT2D eigenvalue weighted by atomic mass is 9.84. The zero-order valence-electron chi connectivity index (χ0n) is 11.5. The van der Waals surface area contributed by atoms with Crippen LogP contribution in [-0.4, -0.2) is 25.8 Å².